The maximum Gasteiger partial charge on any atom is 0.274 e. The first-order valence-corrected chi connectivity index (χ1v) is 7.24. The number of hydrogen-bond donors (Lipinski definition) is 2. The van der Waals surface area contributed by atoms with Gasteiger partial charge in [-0.1, -0.05) is 6.92 Å². The van der Waals surface area contributed by atoms with Gasteiger partial charge in [0.2, 0.25) is 0 Å². The van der Waals surface area contributed by atoms with Crippen LogP contribution in [0.1, 0.15) is 19.5 Å². The number of pyridine rings is 2. The van der Waals surface area contributed by atoms with E-state index in [9.17, 15) is 9.90 Å². The number of aliphatic hydroxyl groups is 1. The molecule has 0 unspecified atom stereocenters. The van der Waals surface area contributed by atoms with E-state index in [0.717, 1.165) is 23.2 Å². The molecule has 0 atom stereocenters. The lowest BCUT2D eigenvalue weighted by molar-refractivity contribution is 0.272. The fourth-order valence-electron chi connectivity index (χ4n) is 2.52. The Balaban J connectivity index is 2.70. The Hall–Kier alpha value is -2.14. The van der Waals surface area contributed by atoms with Crippen molar-refractivity contribution in [3.8, 4) is 11.1 Å². The van der Waals surface area contributed by atoms with Crippen molar-refractivity contribution >= 4 is 5.69 Å². The lowest BCUT2D eigenvalue weighted by atomic mass is 10.0. The molecule has 2 aromatic rings. The molecular formula is C16H21N3O2. The van der Waals surface area contributed by atoms with Crippen LogP contribution in [-0.2, 0) is 13.0 Å². The number of rotatable bonds is 6. The van der Waals surface area contributed by atoms with Gasteiger partial charge in [-0.3, -0.25) is 9.78 Å². The summed E-state index contributed by atoms with van der Waals surface area (Å²) in [4.78, 5) is 16.5. The summed E-state index contributed by atoms with van der Waals surface area (Å²) in [6, 6.07) is 5.75. The second kappa shape index (κ2) is 7.04. The number of nitrogens with one attached hydrogen (secondary N) is 1. The number of anilines is 1. The molecule has 5 nitrogen and oxygen atoms in total. The Kier molecular flexibility index (Phi) is 5.11. The van der Waals surface area contributed by atoms with Crippen molar-refractivity contribution in [3.05, 3.63) is 46.6 Å². The predicted molar refractivity (Wildman–Crippen MR) is 84.6 cm³/mol. The monoisotopic (exact) mass is 287 g/mol. The van der Waals surface area contributed by atoms with Crippen LogP contribution >= 0.6 is 0 Å². The van der Waals surface area contributed by atoms with E-state index in [1.165, 1.54) is 0 Å². The molecule has 0 saturated heterocycles. The summed E-state index contributed by atoms with van der Waals surface area (Å²) in [5, 5.41) is 12.4. The molecule has 0 aliphatic carbocycles. The quantitative estimate of drug-likeness (QED) is 0.851. The number of aliphatic hydroxyl groups excluding tert-OH is 1. The first kappa shape index (κ1) is 15.3. The molecule has 2 aromatic heterocycles. The van der Waals surface area contributed by atoms with Gasteiger partial charge in [-0.2, -0.15) is 0 Å². The van der Waals surface area contributed by atoms with E-state index in [2.05, 4.69) is 10.3 Å². The molecule has 0 aliphatic rings. The third-order valence-electron chi connectivity index (χ3n) is 3.42. The van der Waals surface area contributed by atoms with Gasteiger partial charge in [0, 0.05) is 36.7 Å². The molecule has 0 bridgehead atoms. The van der Waals surface area contributed by atoms with Crippen molar-refractivity contribution in [1.29, 1.82) is 0 Å². The van der Waals surface area contributed by atoms with Crippen LogP contribution in [0, 0.1) is 0 Å². The van der Waals surface area contributed by atoms with Crippen LogP contribution in [0.15, 0.2) is 35.4 Å². The third-order valence-corrected chi connectivity index (χ3v) is 3.42. The zero-order valence-electron chi connectivity index (χ0n) is 12.5. The van der Waals surface area contributed by atoms with Crippen molar-refractivity contribution < 1.29 is 5.11 Å². The Morgan fingerprint density at radius 1 is 1.29 bits per heavy atom. The number of nitrogens with zero attached hydrogens (tertiary/aromatic N) is 2. The van der Waals surface area contributed by atoms with Crippen molar-refractivity contribution in [3.63, 3.8) is 0 Å². The van der Waals surface area contributed by atoms with Crippen LogP contribution in [0.4, 0.5) is 5.69 Å². The third kappa shape index (κ3) is 3.13. The molecule has 0 spiro atoms. The van der Waals surface area contributed by atoms with E-state index in [0.29, 0.717) is 18.8 Å². The molecule has 0 fully saturated rings. The largest absolute Gasteiger partial charge is 0.395 e. The molecule has 0 saturated carbocycles. The first-order valence-electron chi connectivity index (χ1n) is 7.24. The van der Waals surface area contributed by atoms with Gasteiger partial charge in [-0.15, -0.1) is 0 Å². The summed E-state index contributed by atoms with van der Waals surface area (Å²) in [7, 11) is 0. The standard InChI is InChI=1S/C16H21N3O2/c1-3-15-13(12-5-7-17-8-6-12)11-14(18-4-2)16(21)19(15)9-10-20/h5-8,11,18,20H,3-4,9-10H2,1-2H3. The van der Waals surface area contributed by atoms with Crippen LogP contribution < -0.4 is 10.9 Å². The highest BCUT2D eigenvalue weighted by Crippen LogP contribution is 2.25. The topological polar surface area (TPSA) is 67.2 Å². The SMILES string of the molecule is CCNc1cc(-c2ccncc2)c(CC)n(CCO)c1=O. The van der Waals surface area contributed by atoms with Gasteiger partial charge in [-0.05, 0) is 37.1 Å². The lowest BCUT2D eigenvalue weighted by Crippen LogP contribution is -2.28. The molecule has 2 heterocycles. The van der Waals surface area contributed by atoms with Gasteiger partial charge in [0.1, 0.15) is 5.69 Å². The molecular weight excluding hydrogens is 266 g/mol. The summed E-state index contributed by atoms with van der Waals surface area (Å²) >= 11 is 0. The molecule has 0 amide bonds. The maximum absolute atomic E-state index is 12.5. The molecule has 0 radical (unpaired) electrons. The van der Waals surface area contributed by atoms with E-state index >= 15 is 0 Å². The molecule has 2 rings (SSSR count). The van der Waals surface area contributed by atoms with Gasteiger partial charge in [0.05, 0.1) is 6.61 Å². The average Bonchev–Trinajstić information content (AvgIpc) is 2.52. The minimum atomic E-state index is -0.0828. The highest BCUT2D eigenvalue weighted by atomic mass is 16.3. The summed E-state index contributed by atoms with van der Waals surface area (Å²) in [5.41, 5.74) is 3.44. The minimum absolute atomic E-state index is 0.0573. The second-order valence-corrected chi connectivity index (χ2v) is 4.72. The second-order valence-electron chi connectivity index (χ2n) is 4.72. The molecule has 21 heavy (non-hydrogen) atoms. The summed E-state index contributed by atoms with van der Waals surface area (Å²) in [6.45, 7) is 4.89. The highest BCUT2D eigenvalue weighted by Gasteiger charge is 2.14. The Bertz CT molecular complexity index is 651. The van der Waals surface area contributed by atoms with E-state index in [4.69, 9.17) is 0 Å². The maximum atomic E-state index is 12.5. The molecule has 2 N–H and O–H groups in total. The van der Waals surface area contributed by atoms with Crippen molar-refractivity contribution in [2.75, 3.05) is 18.5 Å². The van der Waals surface area contributed by atoms with Crippen molar-refractivity contribution in [2.45, 2.75) is 26.8 Å². The number of hydrogen-bond acceptors (Lipinski definition) is 4. The van der Waals surface area contributed by atoms with E-state index in [1.807, 2.05) is 32.0 Å². The normalized spacial score (nSPS) is 10.6. The van der Waals surface area contributed by atoms with Crippen LogP contribution in [0.2, 0.25) is 0 Å². The Morgan fingerprint density at radius 2 is 2.00 bits per heavy atom. The zero-order chi connectivity index (χ0) is 15.2. The van der Waals surface area contributed by atoms with Crippen molar-refractivity contribution in [1.82, 2.24) is 9.55 Å². The van der Waals surface area contributed by atoms with Crippen LogP contribution in [-0.4, -0.2) is 27.8 Å². The summed E-state index contributed by atoms with van der Waals surface area (Å²) in [5.74, 6) is 0. The lowest BCUT2D eigenvalue weighted by Gasteiger charge is -2.18. The van der Waals surface area contributed by atoms with Crippen LogP contribution in [0.25, 0.3) is 11.1 Å². The van der Waals surface area contributed by atoms with Crippen LogP contribution in [0.3, 0.4) is 0 Å². The Labute approximate surface area is 124 Å². The van der Waals surface area contributed by atoms with Gasteiger partial charge in [0.25, 0.3) is 5.56 Å². The highest BCUT2D eigenvalue weighted by molar-refractivity contribution is 5.69. The van der Waals surface area contributed by atoms with Gasteiger partial charge < -0.3 is 15.0 Å². The van der Waals surface area contributed by atoms with E-state index in [-0.39, 0.29) is 12.2 Å². The van der Waals surface area contributed by atoms with E-state index < -0.39 is 0 Å². The molecule has 0 aromatic carbocycles. The van der Waals surface area contributed by atoms with Gasteiger partial charge >= 0.3 is 0 Å². The van der Waals surface area contributed by atoms with Gasteiger partial charge in [-0.25, -0.2) is 0 Å². The summed E-state index contributed by atoms with van der Waals surface area (Å²) < 4.78 is 1.66. The average molecular weight is 287 g/mol. The van der Waals surface area contributed by atoms with Crippen molar-refractivity contribution in [2.24, 2.45) is 0 Å². The summed E-state index contributed by atoms with van der Waals surface area (Å²) in [6.07, 6.45) is 4.20. The predicted octanol–water partition coefficient (Wildman–Crippen LogP) is 1.90. The molecule has 0 aliphatic heterocycles. The van der Waals surface area contributed by atoms with Crippen LogP contribution in [0.5, 0.6) is 0 Å². The zero-order valence-corrected chi connectivity index (χ0v) is 12.5. The van der Waals surface area contributed by atoms with Gasteiger partial charge in [0.15, 0.2) is 0 Å². The number of aromatic nitrogens is 2. The van der Waals surface area contributed by atoms with E-state index in [1.54, 1.807) is 17.0 Å². The first-order chi connectivity index (χ1) is 10.2. The molecule has 5 heteroatoms. The Morgan fingerprint density at radius 3 is 2.57 bits per heavy atom. The fraction of sp³-hybridized carbons (Fsp3) is 0.375. The smallest absolute Gasteiger partial charge is 0.274 e. The molecule has 112 valence electrons. The fourth-order valence-corrected chi connectivity index (χ4v) is 2.52. The minimum Gasteiger partial charge on any atom is -0.395 e.